The molecule has 0 aromatic rings. The van der Waals surface area contributed by atoms with Gasteiger partial charge < -0.3 is 9.84 Å². The van der Waals surface area contributed by atoms with E-state index in [4.69, 9.17) is 4.74 Å². The maximum atomic E-state index is 12.4. The first-order valence-corrected chi connectivity index (χ1v) is 14.8. The molecule has 1 aliphatic carbocycles. The molecule has 1 N–H and O–H groups in total. The highest BCUT2D eigenvalue weighted by Gasteiger charge is 2.34. The highest BCUT2D eigenvalue weighted by Crippen LogP contribution is 2.39. The Kier molecular flexibility index (Phi) is 17.1. The first kappa shape index (κ1) is 31.7. The molecule has 1 fully saturated rings. The Morgan fingerprint density at radius 1 is 0.886 bits per heavy atom. The summed E-state index contributed by atoms with van der Waals surface area (Å²) >= 11 is 0. The molecule has 35 heavy (non-hydrogen) atoms. The molecule has 0 aromatic heterocycles. The van der Waals surface area contributed by atoms with Crippen molar-refractivity contribution >= 4 is 11.9 Å². The zero-order valence-corrected chi connectivity index (χ0v) is 23.5. The fourth-order valence-electron chi connectivity index (χ4n) is 5.72. The molecule has 0 aromatic carbocycles. The van der Waals surface area contributed by atoms with Crippen LogP contribution in [0.1, 0.15) is 150 Å². The minimum Gasteiger partial charge on any atom is -0.481 e. The van der Waals surface area contributed by atoms with Gasteiger partial charge in [-0.3, -0.25) is 9.59 Å². The van der Waals surface area contributed by atoms with Gasteiger partial charge >= 0.3 is 11.9 Å². The van der Waals surface area contributed by atoms with E-state index in [-0.39, 0.29) is 23.9 Å². The van der Waals surface area contributed by atoms with Crippen LogP contribution in [0.3, 0.4) is 0 Å². The third-order valence-electron chi connectivity index (χ3n) is 7.44. The Hall–Kier alpha value is -1.32. The summed E-state index contributed by atoms with van der Waals surface area (Å²) in [6, 6.07) is 0. The molecule has 0 radical (unpaired) electrons. The van der Waals surface area contributed by atoms with Gasteiger partial charge in [-0.05, 0) is 43.4 Å². The molecule has 0 spiro atoms. The quantitative estimate of drug-likeness (QED) is 0.104. The van der Waals surface area contributed by atoms with Crippen LogP contribution in [0.4, 0.5) is 0 Å². The average molecular weight is 493 g/mol. The molecule has 1 saturated carbocycles. The molecule has 0 saturated heterocycles. The second kappa shape index (κ2) is 18.9. The second-order valence-corrected chi connectivity index (χ2v) is 12.0. The van der Waals surface area contributed by atoms with Gasteiger partial charge in [-0.1, -0.05) is 123 Å². The highest BCUT2D eigenvalue weighted by atomic mass is 16.5. The molecule has 4 heteroatoms. The summed E-state index contributed by atoms with van der Waals surface area (Å²) in [4.78, 5) is 24.0. The smallest absolute Gasteiger partial charge is 0.310 e. The summed E-state index contributed by atoms with van der Waals surface area (Å²) in [5, 5.41) is 9.52. The van der Waals surface area contributed by atoms with Crippen LogP contribution in [-0.4, -0.2) is 23.1 Å². The number of aliphatic carboxylic acids is 1. The molecule has 0 aliphatic heterocycles. The van der Waals surface area contributed by atoms with E-state index in [0.717, 1.165) is 32.1 Å². The summed E-state index contributed by atoms with van der Waals surface area (Å²) in [5.41, 5.74) is 0.169. The van der Waals surface area contributed by atoms with Crippen molar-refractivity contribution in [3.63, 3.8) is 0 Å². The van der Waals surface area contributed by atoms with Gasteiger partial charge in [0.25, 0.3) is 0 Å². The fourth-order valence-corrected chi connectivity index (χ4v) is 5.72. The van der Waals surface area contributed by atoms with Gasteiger partial charge in [0, 0.05) is 0 Å². The topological polar surface area (TPSA) is 63.6 Å². The molecule has 3 atom stereocenters. The molecular formula is C31H56O4. The number of ether oxygens (including phenoxy) is 1. The van der Waals surface area contributed by atoms with E-state index in [2.05, 4.69) is 27.7 Å². The molecule has 1 aliphatic rings. The van der Waals surface area contributed by atoms with Crippen LogP contribution in [0.25, 0.3) is 0 Å². The summed E-state index contributed by atoms with van der Waals surface area (Å²) in [6.45, 7) is 8.89. The summed E-state index contributed by atoms with van der Waals surface area (Å²) in [6.07, 6.45) is 25.9. The van der Waals surface area contributed by atoms with Crippen LogP contribution in [0.2, 0.25) is 0 Å². The number of carboxylic acid groups (broad SMARTS) is 1. The Labute approximate surface area is 216 Å². The normalized spacial score (nSPS) is 20.7. The van der Waals surface area contributed by atoms with Crippen molar-refractivity contribution in [2.45, 2.75) is 156 Å². The number of hydrogen-bond acceptors (Lipinski definition) is 3. The van der Waals surface area contributed by atoms with Crippen LogP contribution in [0.15, 0.2) is 12.2 Å². The number of hydrogen-bond donors (Lipinski definition) is 1. The van der Waals surface area contributed by atoms with Crippen LogP contribution in [-0.2, 0) is 14.3 Å². The van der Waals surface area contributed by atoms with E-state index in [1.807, 2.05) is 6.08 Å². The maximum Gasteiger partial charge on any atom is 0.310 e. The number of allylic oxidation sites excluding steroid dienone is 1. The Morgan fingerprint density at radius 2 is 1.40 bits per heavy atom. The largest absolute Gasteiger partial charge is 0.481 e. The van der Waals surface area contributed by atoms with Gasteiger partial charge in [0.15, 0.2) is 0 Å². The Balaban J connectivity index is 2.08. The van der Waals surface area contributed by atoms with Crippen molar-refractivity contribution in [3.05, 3.63) is 12.2 Å². The summed E-state index contributed by atoms with van der Waals surface area (Å²) < 4.78 is 5.67. The van der Waals surface area contributed by atoms with Crippen LogP contribution in [0, 0.1) is 17.3 Å². The minimum absolute atomic E-state index is 0.0735. The van der Waals surface area contributed by atoms with E-state index in [1.165, 1.54) is 83.5 Å². The molecule has 0 bridgehead atoms. The lowest BCUT2D eigenvalue weighted by Crippen LogP contribution is -2.34. The van der Waals surface area contributed by atoms with E-state index in [9.17, 15) is 14.7 Å². The second-order valence-electron chi connectivity index (χ2n) is 12.0. The minimum atomic E-state index is -0.948. The van der Waals surface area contributed by atoms with Crippen LogP contribution >= 0.6 is 0 Å². The molecule has 1 rings (SSSR count). The molecule has 4 nitrogen and oxygen atoms in total. The number of unbranched alkanes of at least 4 members (excludes halogenated alkanes) is 14. The lowest BCUT2D eigenvalue weighted by atomic mass is 9.71. The first-order chi connectivity index (χ1) is 16.7. The highest BCUT2D eigenvalue weighted by molar-refractivity contribution is 5.80. The molecule has 0 heterocycles. The van der Waals surface area contributed by atoms with Crippen LogP contribution < -0.4 is 0 Å². The van der Waals surface area contributed by atoms with E-state index >= 15 is 0 Å². The van der Waals surface area contributed by atoms with E-state index in [1.54, 1.807) is 6.08 Å². The molecule has 0 amide bonds. The van der Waals surface area contributed by atoms with Gasteiger partial charge in [-0.2, -0.15) is 0 Å². The zero-order chi connectivity index (χ0) is 25.9. The molecule has 3 unspecified atom stereocenters. The van der Waals surface area contributed by atoms with Crippen molar-refractivity contribution in [2.24, 2.45) is 17.3 Å². The van der Waals surface area contributed by atoms with Crippen molar-refractivity contribution in [3.8, 4) is 0 Å². The Bertz CT molecular complexity index is 595. The van der Waals surface area contributed by atoms with Crippen LogP contribution in [0.5, 0.6) is 0 Å². The standard InChI is InChI=1S/C31H56O4/c1-5-6-7-8-9-10-11-12-13-14-15-16-17-18-19-20-21-27(30(33)34)23-29(32)35-28-22-26(2)24-31(3,4)25-28/h20-21,26-28H,5-19,22-25H2,1-4H3,(H,33,34). The lowest BCUT2D eigenvalue weighted by molar-refractivity contribution is -0.157. The van der Waals surface area contributed by atoms with Crippen molar-refractivity contribution in [2.75, 3.05) is 0 Å². The number of carboxylic acids is 1. The molecular weight excluding hydrogens is 436 g/mol. The summed E-state index contributed by atoms with van der Waals surface area (Å²) in [7, 11) is 0. The number of rotatable bonds is 20. The van der Waals surface area contributed by atoms with Gasteiger partial charge in [-0.25, -0.2) is 0 Å². The summed E-state index contributed by atoms with van der Waals surface area (Å²) in [5.74, 6) is -1.59. The number of carbonyl (C=O) groups excluding carboxylic acids is 1. The Morgan fingerprint density at radius 3 is 1.89 bits per heavy atom. The van der Waals surface area contributed by atoms with Crippen molar-refractivity contribution < 1.29 is 19.4 Å². The predicted molar refractivity (Wildman–Crippen MR) is 146 cm³/mol. The fraction of sp³-hybridized carbons (Fsp3) is 0.871. The van der Waals surface area contributed by atoms with Gasteiger partial charge in [0.1, 0.15) is 6.10 Å². The monoisotopic (exact) mass is 492 g/mol. The first-order valence-electron chi connectivity index (χ1n) is 14.8. The predicted octanol–water partition coefficient (Wildman–Crippen LogP) is 9.26. The SMILES string of the molecule is CCCCCCCCCCCCCCCCC=CC(CC(=O)OC1CC(C)CC(C)(C)C1)C(=O)O. The average Bonchev–Trinajstić information content (AvgIpc) is 2.76. The van der Waals surface area contributed by atoms with Gasteiger partial charge in [0.2, 0.25) is 0 Å². The molecule has 204 valence electrons. The van der Waals surface area contributed by atoms with Gasteiger partial charge in [-0.15, -0.1) is 0 Å². The van der Waals surface area contributed by atoms with Crippen molar-refractivity contribution in [1.29, 1.82) is 0 Å². The number of carbonyl (C=O) groups is 2. The zero-order valence-electron chi connectivity index (χ0n) is 23.5. The third kappa shape index (κ3) is 16.9. The third-order valence-corrected chi connectivity index (χ3v) is 7.44. The van der Waals surface area contributed by atoms with Gasteiger partial charge in [0.05, 0.1) is 12.3 Å². The van der Waals surface area contributed by atoms with E-state index < -0.39 is 11.9 Å². The maximum absolute atomic E-state index is 12.4. The van der Waals surface area contributed by atoms with E-state index in [0.29, 0.717) is 5.92 Å². The lowest BCUT2D eigenvalue weighted by Gasteiger charge is -2.38. The number of esters is 1. The van der Waals surface area contributed by atoms with Crippen molar-refractivity contribution in [1.82, 2.24) is 0 Å².